The number of benzene rings is 3. The number of aliphatic hydroxyl groups excluding tert-OH is 1. The topological polar surface area (TPSA) is 76.1 Å². The number of anilines is 1. The van der Waals surface area contributed by atoms with E-state index in [0.29, 0.717) is 34.4 Å². The second-order valence-corrected chi connectivity index (χ2v) is 10.2. The van der Waals surface area contributed by atoms with E-state index in [0.717, 1.165) is 5.56 Å². The van der Waals surface area contributed by atoms with Crippen LogP contribution in [0.5, 0.6) is 11.5 Å². The van der Waals surface area contributed by atoms with E-state index < -0.39 is 17.7 Å². The monoisotopic (exact) mass is 519 g/mol. The highest BCUT2D eigenvalue weighted by Crippen LogP contribution is 2.44. The maximum Gasteiger partial charge on any atom is 0.300 e. The molecule has 0 saturated carbocycles. The van der Waals surface area contributed by atoms with Crippen LogP contribution in [0, 0.1) is 0 Å². The fourth-order valence-electron chi connectivity index (χ4n) is 4.46. The minimum absolute atomic E-state index is 0.0389. The Balaban J connectivity index is 1.93. The van der Waals surface area contributed by atoms with Crippen molar-refractivity contribution in [3.05, 3.63) is 94.0 Å². The molecular weight excluding hydrogens is 490 g/mol. The first-order chi connectivity index (χ1) is 17.6. The molecule has 0 aliphatic carbocycles. The fraction of sp³-hybridized carbons (Fsp3) is 0.267. The molecule has 1 saturated heterocycles. The van der Waals surface area contributed by atoms with E-state index in [9.17, 15) is 14.7 Å². The van der Waals surface area contributed by atoms with Crippen molar-refractivity contribution in [3.8, 4) is 11.5 Å². The summed E-state index contributed by atoms with van der Waals surface area (Å²) in [6.45, 7) is 8.72. The number of aliphatic hydroxyl groups is 1. The summed E-state index contributed by atoms with van der Waals surface area (Å²) in [6, 6.07) is 18.6. The third-order valence-electron chi connectivity index (χ3n) is 6.38. The van der Waals surface area contributed by atoms with E-state index in [1.165, 1.54) is 18.1 Å². The molecule has 192 valence electrons. The van der Waals surface area contributed by atoms with Crippen molar-refractivity contribution in [1.29, 1.82) is 0 Å². The normalized spacial score (nSPS) is 17.2. The molecule has 1 fully saturated rings. The van der Waals surface area contributed by atoms with Gasteiger partial charge in [-0.2, -0.15) is 0 Å². The quantitative estimate of drug-likeness (QED) is 0.223. The smallest absolute Gasteiger partial charge is 0.300 e. The summed E-state index contributed by atoms with van der Waals surface area (Å²) in [5.41, 5.74) is 2.41. The van der Waals surface area contributed by atoms with Crippen LogP contribution in [-0.2, 0) is 15.0 Å². The van der Waals surface area contributed by atoms with Crippen LogP contribution in [0.25, 0.3) is 5.76 Å². The zero-order chi connectivity index (χ0) is 26.9. The van der Waals surface area contributed by atoms with Crippen molar-refractivity contribution in [2.45, 2.75) is 39.2 Å². The van der Waals surface area contributed by atoms with Crippen LogP contribution in [0.4, 0.5) is 5.69 Å². The third kappa shape index (κ3) is 5.07. The molecule has 1 amide bonds. The summed E-state index contributed by atoms with van der Waals surface area (Å²) in [5, 5.41) is 11.8. The molecule has 0 aromatic heterocycles. The van der Waals surface area contributed by atoms with Gasteiger partial charge in [0.25, 0.3) is 11.7 Å². The van der Waals surface area contributed by atoms with Gasteiger partial charge in [0.1, 0.15) is 17.3 Å². The maximum atomic E-state index is 13.5. The summed E-state index contributed by atoms with van der Waals surface area (Å²) in [6.07, 6.45) is 0. The Morgan fingerprint density at radius 1 is 1.00 bits per heavy atom. The number of amides is 1. The first-order valence-electron chi connectivity index (χ1n) is 12.0. The molecule has 6 nitrogen and oxygen atoms in total. The van der Waals surface area contributed by atoms with Crippen molar-refractivity contribution >= 4 is 34.7 Å². The number of ketones is 1. The molecule has 0 bridgehead atoms. The second-order valence-electron chi connectivity index (χ2n) is 9.81. The van der Waals surface area contributed by atoms with E-state index >= 15 is 0 Å². The van der Waals surface area contributed by atoms with E-state index in [4.69, 9.17) is 21.1 Å². The Bertz CT molecular complexity index is 1350. The number of hydrogen-bond donors (Lipinski definition) is 1. The number of methoxy groups -OCH3 is 1. The Morgan fingerprint density at radius 2 is 1.65 bits per heavy atom. The van der Waals surface area contributed by atoms with Gasteiger partial charge in [0.2, 0.25) is 0 Å². The van der Waals surface area contributed by atoms with Gasteiger partial charge in [0.15, 0.2) is 0 Å². The summed E-state index contributed by atoms with van der Waals surface area (Å²) in [7, 11) is 1.46. The minimum atomic E-state index is -0.865. The highest BCUT2D eigenvalue weighted by Gasteiger charge is 2.47. The van der Waals surface area contributed by atoms with Gasteiger partial charge in [0.05, 0.1) is 30.9 Å². The van der Waals surface area contributed by atoms with Gasteiger partial charge in [-0.15, -0.1) is 0 Å². The van der Waals surface area contributed by atoms with Gasteiger partial charge in [-0.05, 0) is 65.9 Å². The molecule has 1 atom stereocenters. The van der Waals surface area contributed by atoms with E-state index in [2.05, 4.69) is 20.8 Å². The lowest BCUT2D eigenvalue weighted by molar-refractivity contribution is -0.132. The Kier molecular flexibility index (Phi) is 7.32. The predicted octanol–water partition coefficient (Wildman–Crippen LogP) is 6.67. The van der Waals surface area contributed by atoms with E-state index in [1.807, 2.05) is 31.2 Å². The molecular formula is C30H30ClNO5. The van der Waals surface area contributed by atoms with E-state index in [-0.39, 0.29) is 22.3 Å². The second kappa shape index (κ2) is 10.3. The van der Waals surface area contributed by atoms with Gasteiger partial charge >= 0.3 is 0 Å². The van der Waals surface area contributed by atoms with Gasteiger partial charge in [0, 0.05) is 10.7 Å². The molecule has 7 heteroatoms. The predicted molar refractivity (Wildman–Crippen MR) is 146 cm³/mol. The van der Waals surface area contributed by atoms with Gasteiger partial charge < -0.3 is 14.6 Å². The zero-order valence-electron chi connectivity index (χ0n) is 21.5. The summed E-state index contributed by atoms with van der Waals surface area (Å²) >= 11 is 6.20. The molecule has 1 N–H and O–H groups in total. The van der Waals surface area contributed by atoms with Gasteiger partial charge in [-0.25, -0.2) is 0 Å². The molecule has 1 aliphatic heterocycles. The number of ether oxygens (including phenoxy) is 2. The zero-order valence-corrected chi connectivity index (χ0v) is 22.3. The van der Waals surface area contributed by atoms with Gasteiger partial charge in [-0.3, -0.25) is 14.5 Å². The van der Waals surface area contributed by atoms with Crippen LogP contribution >= 0.6 is 11.6 Å². The van der Waals surface area contributed by atoms with Crippen LogP contribution in [0.1, 0.15) is 50.4 Å². The summed E-state index contributed by atoms with van der Waals surface area (Å²) < 4.78 is 10.9. The number of carbonyl (C=O) groups excluding carboxylic acids is 2. The molecule has 4 rings (SSSR count). The lowest BCUT2D eigenvalue weighted by atomic mass is 9.85. The molecule has 3 aromatic rings. The first-order valence-corrected chi connectivity index (χ1v) is 12.4. The molecule has 1 heterocycles. The number of halogens is 1. The number of rotatable bonds is 6. The van der Waals surface area contributed by atoms with Crippen LogP contribution in [0.15, 0.2) is 72.3 Å². The molecule has 3 aromatic carbocycles. The Hall–Kier alpha value is -3.77. The number of Topliss-reactive ketones (excluding diaryl/α,β-unsaturated/α-hetero) is 1. The van der Waals surface area contributed by atoms with Crippen molar-refractivity contribution in [3.63, 3.8) is 0 Å². The first kappa shape index (κ1) is 26.3. The number of carbonyl (C=O) groups is 2. The molecule has 1 aliphatic rings. The Labute approximate surface area is 222 Å². The average molecular weight is 520 g/mol. The number of nitrogens with zero attached hydrogens (tertiary/aromatic N) is 1. The molecule has 0 spiro atoms. The van der Waals surface area contributed by atoms with Crippen molar-refractivity contribution < 1.29 is 24.2 Å². The highest BCUT2D eigenvalue weighted by atomic mass is 35.5. The number of hydrogen-bond acceptors (Lipinski definition) is 5. The summed E-state index contributed by atoms with van der Waals surface area (Å²) in [5.74, 6) is -0.903. The molecule has 0 radical (unpaired) electrons. The SMILES string of the molecule is CCOc1ccc(N2C(=O)C(=O)/C(=C(/O)c3cc(Cl)ccc3OC)C2c2ccc(C(C)(C)C)cc2)cc1. The highest BCUT2D eigenvalue weighted by molar-refractivity contribution is 6.51. The van der Waals surface area contributed by atoms with Crippen LogP contribution in [0.2, 0.25) is 5.02 Å². The van der Waals surface area contributed by atoms with Crippen LogP contribution in [-0.4, -0.2) is 30.5 Å². The standard InChI is InChI=1S/C30H30ClNO5/c1-6-37-22-14-12-21(13-15-22)32-26(18-7-9-19(10-8-18)30(2,3)4)25(28(34)29(32)35)27(33)23-17-20(31)11-16-24(23)36-5/h7-17,26,33H,6H2,1-5H3/b27-25+. The van der Waals surface area contributed by atoms with Crippen molar-refractivity contribution in [1.82, 2.24) is 0 Å². The molecule has 37 heavy (non-hydrogen) atoms. The van der Waals surface area contributed by atoms with Crippen LogP contribution < -0.4 is 14.4 Å². The summed E-state index contributed by atoms with van der Waals surface area (Å²) in [4.78, 5) is 28.3. The van der Waals surface area contributed by atoms with E-state index in [1.54, 1.807) is 36.4 Å². The van der Waals surface area contributed by atoms with Crippen molar-refractivity contribution in [2.24, 2.45) is 0 Å². The lowest BCUT2D eigenvalue weighted by Gasteiger charge is -2.27. The van der Waals surface area contributed by atoms with Gasteiger partial charge in [-0.1, -0.05) is 56.6 Å². The van der Waals surface area contributed by atoms with Crippen molar-refractivity contribution in [2.75, 3.05) is 18.6 Å². The largest absolute Gasteiger partial charge is 0.507 e. The third-order valence-corrected chi connectivity index (χ3v) is 6.61. The maximum absolute atomic E-state index is 13.5. The fourth-order valence-corrected chi connectivity index (χ4v) is 4.63. The van der Waals surface area contributed by atoms with Crippen LogP contribution in [0.3, 0.4) is 0 Å². The Morgan fingerprint density at radius 3 is 2.22 bits per heavy atom. The average Bonchev–Trinajstić information content (AvgIpc) is 3.14. The molecule has 1 unspecified atom stereocenters. The lowest BCUT2D eigenvalue weighted by Crippen LogP contribution is -2.29. The minimum Gasteiger partial charge on any atom is -0.507 e.